The lowest BCUT2D eigenvalue weighted by Gasteiger charge is -2.31. The molecule has 1 fully saturated rings. The fourth-order valence-corrected chi connectivity index (χ4v) is 3.96. The summed E-state index contributed by atoms with van der Waals surface area (Å²) in [6.45, 7) is 2.47. The van der Waals surface area contributed by atoms with E-state index in [1.165, 1.54) is 6.07 Å². The van der Waals surface area contributed by atoms with Crippen LogP contribution in [0.1, 0.15) is 29.0 Å². The highest BCUT2D eigenvalue weighted by atomic mass is 35.5. The molecular weight excluding hydrogens is 428 g/mol. The van der Waals surface area contributed by atoms with E-state index in [-0.39, 0.29) is 24.1 Å². The number of nitrogens with one attached hydrogen (secondary N) is 1. The molecule has 2 heterocycles. The van der Waals surface area contributed by atoms with Gasteiger partial charge in [-0.05, 0) is 56.2 Å². The van der Waals surface area contributed by atoms with Crippen molar-refractivity contribution in [2.24, 2.45) is 5.92 Å². The molecule has 2 amide bonds. The van der Waals surface area contributed by atoms with Gasteiger partial charge in [-0.2, -0.15) is 5.10 Å². The Morgan fingerprint density at radius 3 is 2.53 bits per heavy atom. The van der Waals surface area contributed by atoms with Crippen LogP contribution in [0, 0.1) is 12.8 Å². The average molecular weight is 451 g/mol. The van der Waals surface area contributed by atoms with Crippen LogP contribution in [-0.4, -0.2) is 39.6 Å². The topological polar surface area (TPSA) is 84.3 Å². The van der Waals surface area contributed by atoms with E-state index in [9.17, 15) is 14.4 Å². The van der Waals surface area contributed by atoms with Gasteiger partial charge in [-0.1, -0.05) is 29.8 Å². The zero-order valence-corrected chi connectivity index (χ0v) is 18.4. The summed E-state index contributed by atoms with van der Waals surface area (Å²) in [5.74, 6) is -0.948. The van der Waals surface area contributed by atoms with Crippen molar-refractivity contribution in [3.05, 3.63) is 87.3 Å². The van der Waals surface area contributed by atoms with E-state index in [1.807, 2.05) is 30.3 Å². The van der Waals surface area contributed by atoms with E-state index in [4.69, 9.17) is 11.6 Å². The summed E-state index contributed by atoms with van der Waals surface area (Å²) in [6, 6.07) is 17.6. The molecule has 1 saturated heterocycles. The van der Waals surface area contributed by atoms with Crippen molar-refractivity contribution in [3.8, 4) is 5.69 Å². The van der Waals surface area contributed by atoms with Gasteiger partial charge in [0.25, 0.3) is 5.91 Å². The smallest absolute Gasteiger partial charge is 0.278 e. The number of carbonyl (C=O) groups excluding carboxylic acids is 2. The second-order valence-corrected chi connectivity index (χ2v) is 8.27. The molecule has 7 nitrogen and oxygen atoms in total. The number of amides is 2. The second-order valence-electron chi connectivity index (χ2n) is 7.83. The van der Waals surface area contributed by atoms with Crippen molar-refractivity contribution in [3.63, 3.8) is 0 Å². The van der Waals surface area contributed by atoms with Gasteiger partial charge in [0.1, 0.15) is 0 Å². The molecule has 0 bridgehead atoms. The Hall–Kier alpha value is -3.45. The number of piperidine rings is 1. The van der Waals surface area contributed by atoms with E-state index >= 15 is 0 Å². The number of para-hydroxylation sites is 1. The van der Waals surface area contributed by atoms with Crippen molar-refractivity contribution in [2.75, 3.05) is 18.4 Å². The lowest BCUT2D eigenvalue weighted by atomic mass is 9.96. The SMILES string of the molecule is Cc1cc(=O)c(C(=O)N2CCC[C@H](C(=O)Nc3ccccc3)C2)nn1-c1ccc(Cl)cc1. The molecule has 1 N–H and O–H groups in total. The first-order valence-corrected chi connectivity index (χ1v) is 10.8. The van der Waals surface area contributed by atoms with Crippen molar-refractivity contribution in [1.82, 2.24) is 14.7 Å². The Labute approximate surface area is 190 Å². The van der Waals surface area contributed by atoms with Gasteiger partial charge in [-0.25, -0.2) is 4.68 Å². The van der Waals surface area contributed by atoms with Crippen LogP contribution < -0.4 is 10.7 Å². The Morgan fingerprint density at radius 1 is 1.09 bits per heavy atom. The maximum Gasteiger partial charge on any atom is 0.278 e. The second kappa shape index (κ2) is 9.36. The molecule has 0 unspecified atom stereocenters. The lowest BCUT2D eigenvalue weighted by molar-refractivity contribution is -0.121. The standard InChI is InChI=1S/C24H23ClN4O3/c1-16-14-21(30)22(27-29(16)20-11-9-18(25)10-12-20)24(32)28-13-5-6-17(15-28)23(31)26-19-7-3-2-4-8-19/h2-4,7-12,14,17H,5-6,13,15H2,1H3,(H,26,31)/t17-/m0/s1. The first-order valence-electron chi connectivity index (χ1n) is 10.4. The van der Waals surface area contributed by atoms with Crippen LogP contribution in [0.3, 0.4) is 0 Å². The molecule has 1 aromatic heterocycles. The van der Waals surface area contributed by atoms with Crippen LogP contribution in [0.2, 0.25) is 5.02 Å². The minimum absolute atomic E-state index is 0.135. The highest BCUT2D eigenvalue weighted by molar-refractivity contribution is 6.30. The van der Waals surface area contributed by atoms with E-state index in [0.717, 1.165) is 0 Å². The molecule has 4 rings (SSSR count). The third kappa shape index (κ3) is 4.73. The van der Waals surface area contributed by atoms with E-state index < -0.39 is 11.3 Å². The highest BCUT2D eigenvalue weighted by Crippen LogP contribution is 2.20. The number of aryl methyl sites for hydroxylation is 1. The van der Waals surface area contributed by atoms with Gasteiger partial charge in [0.2, 0.25) is 11.3 Å². The molecule has 0 radical (unpaired) electrons. The van der Waals surface area contributed by atoms with Crippen LogP contribution in [0.15, 0.2) is 65.5 Å². The quantitative estimate of drug-likeness (QED) is 0.657. The largest absolute Gasteiger partial charge is 0.336 e. The number of benzene rings is 2. The maximum atomic E-state index is 13.2. The molecule has 32 heavy (non-hydrogen) atoms. The first-order chi connectivity index (χ1) is 15.4. The summed E-state index contributed by atoms with van der Waals surface area (Å²) in [4.78, 5) is 40.0. The Bertz CT molecular complexity index is 1190. The maximum absolute atomic E-state index is 13.2. The predicted molar refractivity (Wildman–Crippen MR) is 123 cm³/mol. The summed E-state index contributed by atoms with van der Waals surface area (Å²) < 4.78 is 1.55. The number of aromatic nitrogens is 2. The fraction of sp³-hybridized carbons (Fsp3) is 0.250. The zero-order chi connectivity index (χ0) is 22.7. The summed E-state index contributed by atoms with van der Waals surface area (Å²) in [6.07, 6.45) is 1.36. The number of carbonyl (C=O) groups is 2. The minimum Gasteiger partial charge on any atom is -0.336 e. The van der Waals surface area contributed by atoms with Gasteiger partial charge >= 0.3 is 0 Å². The summed E-state index contributed by atoms with van der Waals surface area (Å²) in [7, 11) is 0. The number of anilines is 1. The number of nitrogens with zero attached hydrogens (tertiary/aromatic N) is 3. The van der Waals surface area contributed by atoms with Crippen LogP contribution in [0.4, 0.5) is 5.69 Å². The molecule has 1 aliphatic heterocycles. The van der Waals surface area contributed by atoms with Gasteiger partial charge in [0, 0.05) is 35.6 Å². The Morgan fingerprint density at radius 2 is 1.81 bits per heavy atom. The van der Waals surface area contributed by atoms with Crippen molar-refractivity contribution >= 4 is 29.1 Å². The van der Waals surface area contributed by atoms with Crippen molar-refractivity contribution in [1.29, 1.82) is 0 Å². The third-order valence-corrected chi connectivity index (χ3v) is 5.75. The summed E-state index contributed by atoms with van der Waals surface area (Å²) >= 11 is 5.96. The van der Waals surface area contributed by atoms with Crippen LogP contribution >= 0.6 is 11.6 Å². The summed E-state index contributed by atoms with van der Waals surface area (Å²) in [5.41, 5.74) is 1.42. The average Bonchev–Trinajstić information content (AvgIpc) is 2.80. The van der Waals surface area contributed by atoms with E-state index in [1.54, 1.807) is 40.8 Å². The minimum atomic E-state index is -0.463. The van der Waals surface area contributed by atoms with Gasteiger partial charge in [0.05, 0.1) is 11.6 Å². The van der Waals surface area contributed by atoms with Crippen LogP contribution in [0.5, 0.6) is 0 Å². The highest BCUT2D eigenvalue weighted by Gasteiger charge is 2.31. The molecule has 164 valence electrons. The van der Waals surface area contributed by atoms with Crippen molar-refractivity contribution in [2.45, 2.75) is 19.8 Å². The molecule has 0 saturated carbocycles. The lowest BCUT2D eigenvalue weighted by Crippen LogP contribution is -2.45. The van der Waals surface area contributed by atoms with Crippen molar-refractivity contribution < 1.29 is 9.59 Å². The molecule has 1 atom stereocenters. The number of hydrogen-bond donors (Lipinski definition) is 1. The van der Waals surface area contributed by atoms with E-state index in [0.29, 0.717) is 41.5 Å². The monoisotopic (exact) mass is 450 g/mol. The number of hydrogen-bond acceptors (Lipinski definition) is 4. The predicted octanol–water partition coefficient (Wildman–Crippen LogP) is 3.69. The van der Waals surface area contributed by atoms with Gasteiger partial charge in [0.15, 0.2) is 5.69 Å². The Balaban J connectivity index is 1.54. The van der Waals surface area contributed by atoms with Gasteiger partial charge in [-0.15, -0.1) is 0 Å². The molecule has 2 aromatic carbocycles. The number of rotatable bonds is 4. The van der Waals surface area contributed by atoms with Crippen LogP contribution in [-0.2, 0) is 4.79 Å². The van der Waals surface area contributed by atoms with Gasteiger partial charge < -0.3 is 10.2 Å². The summed E-state index contributed by atoms with van der Waals surface area (Å²) in [5, 5.41) is 7.83. The molecular formula is C24H23ClN4O3. The van der Waals surface area contributed by atoms with E-state index in [2.05, 4.69) is 10.4 Å². The number of likely N-dealkylation sites (tertiary alicyclic amines) is 1. The molecule has 0 spiro atoms. The molecule has 3 aromatic rings. The zero-order valence-electron chi connectivity index (χ0n) is 17.6. The molecule has 1 aliphatic rings. The fourth-order valence-electron chi connectivity index (χ4n) is 3.83. The molecule has 0 aliphatic carbocycles. The number of halogens is 1. The first kappa shape index (κ1) is 21.8. The Kier molecular flexibility index (Phi) is 6.37. The third-order valence-electron chi connectivity index (χ3n) is 5.50. The van der Waals surface area contributed by atoms with Crippen LogP contribution in [0.25, 0.3) is 5.69 Å². The normalized spacial score (nSPS) is 15.9. The molecule has 8 heteroatoms. The van der Waals surface area contributed by atoms with Gasteiger partial charge in [-0.3, -0.25) is 14.4 Å².